The highest BCUT2D eigenvalue weighted by Gasteiger charge is 2.27. The van der Waals surface area contributed by atoms with Crippen LogP contribution < -0.4 is 11.1 Å². The second-order valence-corrected chi connectivity index (χ2v) is 4.97. The van der Waals surface area contributed by atoms with E-state index in [1.807, 2.05) is 0 Å². The number of anilines is 3. The first-order chi connectivity index (χ1) is 9.11. The predicted molar refractivity (Wildman–Crippen MR) is 73.1 cm³/mol. The molecule has 2 aromatic rings. The van der Waals surface area contributed by atoms with Crippen LogP contribution in [0.2, 0.25) is 5.02 Å². The van der Waals surface area contributed by atoms with Crippen LogP contribution in [0.25, 0.3) is 0 Å². The van der Waals surface area contributed by atoms with Crippen molar-refractivity contribution in [3.63, 3.8) is 0 Å². The Bertz CT molecular complexity index is 628. The molecule has 1 aromatic heterocycles. The fourth-order valence-corrected chi connectivity index (χ4v) is 1.91. The monoisotopic (exact) mass is 278 g/mol. The van der Waals surface area contributed by atoms with Crippen LogP contribution in [0.5, 0.6) is 0 Å². The first-order valence-electron chi connectivity index (χ1n) is 5.98. The number of aromatic nitrogens is 2. The van der Waals surface area contributed by atoms with Gasteiger partial charge >= 0.3 is 0 Å². The van der Waals surface area contributed by atoms with Gasteiger partial charge in [-0.2, -0.15) is 0 Å². The van der Waals surface area contributed by atoms with Crippen LogP contribution in [0.15, 0.2) is 24.3 Å². The summed E-state index contributed by atoms with van der Waals surface area (Å²) < 4.78 is 13.3. The van der Waals surface area contributed by atoms with Crippen LogP contribution in [0, 0.1) is 5.82 Å². The minimum atomic E-state index is -0.476. The molecule has 1 saturated carbocycles. The van der Waals surface area contributed by atoms with Gasteiger partial charge in [-0.1, -0.05) is 11.6 Å². The van der Waals surface area contributed by atoms with E-state index in [9.17, 15) is 4.39 Å². The van der Waals surface area contributed by atoms with Crippen molar-refractivity contribution < 1.29 is 4.39 Å². The smallest absolute Gasteiger partial charge is 0.143 e. The molecule has 0 unspecified atom stereocenters. The Kier molecular flexibility index (Phi) is 2.98. The number of nitrogens with two attached hydrogens (primary N) is 1. The standard InChI is InChI=1S/C13H12ClFN4/c14-9-4-3-8(5-10(9)15)17-12-6-11(16)18-13(19-12)7-1-2-7/h3-7H,1-2H2,(H3,16,17,18,19). The lowest BCUT2D eigenvalue weighted by Gasteiger charge is -2.08. The molecular formula is C13H12ClFN4. The number of nitrogens with one attached hydrogen (secondary N) is 1. The van der Waals surface area contributed by atoms with E-state index in [1.54, 1.807) is 12.1 Å². The van der Waals surface area contributed by atoms with Gasteiger partial charge in [0.2, 0.25) is 0 Å². The first kappa shape index (κ1) is 12.2. The lowest BCUT2D eigenvalue weighted by Crippen LogP contribution is -2.02. The van der Waals surface area contributed by atoms with Crippen molar-refractivity contribution in [2.45, 2.75) is 18.8 Å². The summed E-state index contributed by atoms with van der Waals surface area (Å²) in [7, 11) is 0. The van der Waals surface area contributed by atoms with Crippen molar-refractivity contribution in [2.75, 3.05) is 11.1 Å². The number of hydrogen-bond acceptors (Lipinski definition) is 4. The van der Waals surface area contributed by atoms with Gasteiger partial charge in [0, 0.05) is 17.7 Å². The molecule has 4 nitrogen and oxygen atoms in total. The molecule has 1 heterocycles. The predicted octanol–water partition coefficient (Wildman–Crippen LogP) is 3.47. The number of hydrogen-bond donors (Lipinski definition) is 2. The van der Waals surface area contributed by atoms with Gasteiger partial charge in [-0.15, -0.1) is 0 Å². The maximum atomic E-state index is 13.3. The second-order valence-electron chi connectivity index (χ2n) is 4.56. The zero-order valence-corrected chi connectivity index (χ0v) is 10.8. The molecule has 0 radical (unpaired) electrons. The number of rotatable bonds is 3. The molecule has 1 aliphatic carbocycles. The third-order valence-electron chi connectivity index (χ3n) is 2.90. The molecule has 1 fully saturated rings. The van der Waals surface area contributed by atoms with Crippen molar-refractivity contribution in [3.8, 4) is 0 Å². The highest BCUT2D eigenvalue weighted by Crippen LogP contribution is 2.38. The molecule has 1 aromatic carbocycles. The molecule has 1 aliphatic rings. The summed E-state index contributed by atoms with van der Waals surface area (Å²) in [4.78, 5) is 8.59. The summed E-state index contributed by atoms with van der Waals surface area (Å²) in [6.07, 6.45) is 2.19. The molecule has 6 heteroatoms. The van der Waals surface area contributed by atoms with Crippen LogP contribution >= 0.6 is 11.6 Å². The van der Waals surface area contributed by atoms with Crippen LogP contribution in [0.4, 0.5) is 21.7 Å². The minimum absolute atomic E-state index is 0.0893. The van der Waals surface area contributed by atoms with Crippen molar-refractivity contribution >= 4 is 28.9 Å². The van der Waals surface area contributed by atoms with Crippen molar-refractivity contribution in [1.82, 2.24) is 9.97 Å². The highest BCUT2D eigenvalue weighted by molar-refractivity contribution is 6.30. The summed E-state index contributed by atoms with van der Waals surface area (Å²) in [5.41, 5.74) is 6.32. The molecule has 0 bridgehead atoms. The third kappa shape index (κ3) is 2.76. The fourth-order valence-electron chi connectivity index (χ4n) is 1.80. The minimum Gasteiger partial charge on any atom is -0.384 e. The maximum absolute atomic E-state index is 13.3. The fraction of sp³-hybridized carbons (Fsp3) is 0.231. The van der Waals surface area contributed by atoms with Gasteiger partial charge in [-0.25, -0.2) is 14.4 Å². The average molecular weight is 279 g/mol. The molecule has 19 heavy (non-hydrogen) atoms. The van der Waals surface area contributed by atoms with Crippen molar-refractivity contribution in [1.29, 1.82) is 0 Å². The lowest BCUT2D eigenvalue weighted by atomic mass is 10.3. The summed E-state index contributed by atoms with van der Waals surface area (Å²) in [5.74, 6) is 1.66. The van der Waals surface area contributed by atoms with Crippen molar-refractivity contribution in [2.24, 2.45) is 0 Å². The molecule has 3 N–H and O–H groups in total. The van der Waals surface area contributed by atoms with E-state index in [2.05, 4.69) is 15.3 Å². The van der Waals surface area contributed by atoms with Crippen LogP contribution in [-0.4, -0.2) is 9.97 Å². The molecule has 3 rings (SSSR count). The Morgan fingerprint density at radius 2 is 2.05 bits per heavy atom. The van der Waals surface area contributed by atoms with Gasteiger partial charge in [-0.05, 0) is 31.0 Å². The summed E-state index contributed by atoms with van der Waals surface area (Å²) in [6, 6.07) is 6.11. The van der Waals surface area contributed by atoms with E-state index >= 15 is 0 Å². The number of benzene rings is 1. The van der Waals surface area contributed by atoms with E-state index in [0.29, 0.717) is 23.2 Å². The summed E-state index contributed by atoms with van der Waals surface area (Å²) in [6.45, 7) is 0. The van der Waals surface area contributed by atoms with Gasteiger partial charge in [0.15, 0.2) is 0 Å². The Morgan fingerprint density at radius 1 is 1.26 bits per heavy atom. The van der Waals surface area contributed by atoms with Gasteiger partial charge < -0.3 is 11.1 Å². The van der Waals surface area contributed by atoms with E-state index in [1.165, 1.54) is 12.1 Å². The molecule has 0 amide bonds. The summed E-state index contributed by atoms with van der Waals surface area (Å²) >= 11 is 5.64. The Balaban J connectivity index is 1.87. The quantitative estimate of drug-likeness (QED) is 0.902. The largest absolute Gasteiger partial charge is 0.384 e. The zero-order valence-electron chi connectivity index (χ0n) is 10.0. The van der Waals surface area contributed by atoms with Gasteiger partial charge in [0.25, 0.3) is 0 Å². The number of nitrogens with zero attached hydrogens (tertiary/aromatic N) is 2. The number of halogens is 2. The molecular weight excluding hydrogens is 267 g/mol. The second kappa shape index (κ2) is 4.66. The van der Waals surface area contributed by atoms with Crippen LogP contribution in [0.3, 0.4) is 0 Å². The normalized spacial score (nSPS) is 14.4. The first-order valence-corrected chi connectivity index (χ1v) is 6.36. The zero-order chi connectivity index (χ0) is 13.4. The lowest BCUT2D eigenvalue weighted by molar-refractivity contribution is 0.629. The van der Waals surface area contributed by atoms with Gasteiger partial charge in [0.1, 0.15) is 23.3 Å². The highest BCUT2D eigenvalue weighted by atomic mass is 35.5. The van der Waals surface area contributed by atoms with Gasteiger partial charge in [-0.3, -0.25) is 0 Å². The molecule has 0 spiro atoms. The number of nitrogen functional groups attached to an aromatic ring is 1. The van der Waals surface area contributed by atoms with Crippen LogP contribution in [-0.2, 0) is 0 Å². The Hall–Kier alpha value is -1.88. The maximum Gasteiger partial charge on any atom is 0.143 e. The van der Waals surface area contributed by atoms with E-state index < -0.39 is 5.82 Å². The third-order valence-corrected chi connectivity index (χ3v) is 3.20. The van der Waals surface area contributed by atoms with E-state index in [-0.39, 0.29) is 5.02 Å². The van der Waals surface area contributed by atoms with Gasteiger partial charge in [0.05, 0.1) is 5.02 Å². The van der Waals surface area contributed by atoms with Crippen LogP contribution in [0.1, 0.15) is 24.6 Å². The SMILES string of the molecule is Nc1cc(Nc2ccc(Cl)c(F)c2)nc(C2CC2)n1. The molecule has 0 atom stereocenters. The van der Waals surface area contributed by atoms with Crippen molar-refractivity contribution in [3.05, 3.63) is 40.9 Å². The van der Waals surface area contributed by atoms with E-state index in [4.69, 9.17) is 17.3 Å². The van der Waals surface area contributed by atoms with E-state index in [0.717, 1.165) is 18.7 Å². The topological polar surface area (TPSA) is 63.8 Å². The molecule has 0 saturated heterocycles. The molecule has 98 valence electrons. The summed E-state index contributed by atoms with van der Waals surface area (Å²) in [5, 5.41) is 3.10. The Morgan fingerprint density at radius 3 is 2.74 bits per heavy atom. The molecule has 0 aliphatic heterocycles. The average Bonchev–Trinajstić information content (AvgIpc) is 3.17. The Labute approximate surface area is 114 Å².